The molecule has 3 aromatic rings. The van der Waals surface area contributed by atoms with E-state index in [0.717, 1.165) is 16.7 Å². The van der Waals surface area contributed by atoms with E-state index >= 15 is 0 Å². The quantitative estimate of drug-likeness (QED) is 0.259. The smallest absolute Gasteiger partial charge is 0.390 e. The van der Waals surface area contributed by atoms with E-state index in [9.17, 15) is 24.2 Å². The Labute approximate surface area is 222 Å². The molecular weight excluding hydrogens is 503 g/mol. The second kappa shape index (κ2) is 12.9. The molecule has 1 fully saturated rings. The predicted octanol–water partition coefficient (Wildman–Crippen LogP) is 4.84. The van der Waals surface area contributed by atoms with Gasteiger partial charge in [0.15, 0.2) is 0 Å². The van der Waals surface area contributed by atoms with Gasteiger partial charge in [-0.25, -0.2) is 4.57 Å². The van der Waals surface area contributed by atoms with Crippen LogP contribution in [0.3, 0.4) is 0 Å². The number of hydrogen-bond acceptors (Lipinski definition) is 5. The summed E-state index contributed by atoms with van der Waals surface area (Å²) in [6.45, 7) is 0. The van der Waals surface area contributed by atoms with Crippen LogP contribution in [0.15, 0.2) is 84.9 Å². The first-order valence-electron chi connectivity index (χ1n) is 12.8. The highest BCUT2D eigenvalue weighted by atomic mass is 31.2. The van der Waals surface area contributed by atoms with Gasteiger partial charge in [-0.05, 0) is 60.9 Å². The first kappa shape index (κ1) is 27.6. The SMILES string of the molecule is O=C(O)C1CCC(NC(=O)[C@H](Cc2ccc(-c3ccccc3)cc2)NCP(=O)(O)Oc2ccccc2)CC1. The average Bonchev–Trinajstić information content (AvgIpc) is 2.92. The van der Waals surface area contributed by atoms with Crippen LogP contribution in [0.5, 0.6) is 5.75 Å². The number of amides is 1. The molecule has 38 heavy (non-hydrogen) atoms. The lowest BCUT2D eigenvalue weighted by atomic mass is 9.86. The molecule has 9 heteroatoms. The Morgan fingerprint density at radius 1 is 0.868 bits per heavy atom. The molecule has 1 aliphatic carbocycles. The number of para-hydroxylation sites is 1. The Morgan fingerprint density at radius 2 is 1.45 bits per heavy atom. The van der Waals surface area contributed by atoms with E-state index in [1.54, 1.807) is 30.3 Å². The highest BCUT2D eigenvalue weighted by Gasteiger charge is 2.30. The van der Waals surface area contributed by atoms with E-state index < -0.39 is 25.9 Å². The molecule has 0 heterocycles. The Bertz CT molecular complexity index is 1250. The summed E-state index contributed by atoms with van der Waals surface area (Å²) >= 11 is 0. The topological polar surface area (TPSA) is 125 Å². The van der Waals surface area contributed by atoms with Crippen molar-refractivity contribution in [3.05, 3.63) is 90.5 Å². The average molecular weight is 537 g/mol. The third-order valence-corrected chi connectivity index (χ3v) is 7.85. The molecule has 1 amide bonds. The lowest BCUT2D eigenvalue weighted by molar-refractivity contribution is -0.142. The largest absolute Gasteiger partial charge is 0.481 e. The molecule has 0 spiro atoms. The third kappa shape index (κ3) is 8.02. The van der Waals surface area contributed by atoms with Gasteiger partial charge in [-0.15, -0.1) is 0 Å². The van der Waals surface area contributed by atoms with Crippen molar-refractivity contribution in [3.8, 4) is 16.9 Å². The minimum Gasteiger partial charge on any atom is -0.481 e. The number of carboxylic acids is 1. The second-order valence-electron chi connectivity index (χ2n) is 9.62. The number of rotatable bonds is 11. The molecule has 1 aliphatic rings. The number of aliphatic carboxylic acids is 1. The molecule has 0 aromatic heterocycles. The Balaban J connectivity index is 1.43. The van der Waals surface area contributed by atoms with E-state index in [-0.39, 0.29) is 23.6 Å². The molecule has 200 valence electrons. The number of carboxylic acid groups (broad SMARTS) is 1. The van der Waals surface area contributed by atoms with Crippen molar-refractivity contribution in [3.63, 3.8) is 0 Å². The van der Waals surface area contributed by atoms with E-state index in [1.807, 2.05) is 54.6 Å². The molecule has 1 unspecified atom stereocenters. The summed E-state index contributed by atoms with van der Waals surface area (Å²) in [6, 6.07) is 25.3. The second-order valence-corrected chi connectivity index (χ2v) is 11.4. The highest BCUT2D eigenvalue weighted by molar-refractivity contribution is 7.53. The van der Waals surface area contributed by atoms with Crippen LogP contribution in [0.4, 0.5) is 0 Å². The van der Waals surface area contributed by atoms with Crippen molar-refractivity contribution in [1.29, 1.82) is 0 Å². The van der Waals surface area contributed by atoms with Gasteiger partial charge in [0.05, 0.1) is 12.0 Å². The third-order valence-electron chi connectivity index (χ3n) is 6.77. The van der Waals surface area contributed by atoms with E-state index in [4.69, 9.17) is 4.52 Å². The molecule has 0 bridgehead atoms. The molecule has 4 N–H and O–H groups in total. The van der Waals surface area contributed by atoms with E-state index in [2.05, 4.69) is 10.6 Å². The van der Waals surface area contributed by atoms with Gasteiger partial charge in [-0.2, -0.15) is 0 Å². The van der Waals surface area contributed by atoms with Crippen LogP contribution < -0.4 is 15.2 Å². The molecular formula is C29H33N2O6P. The molecule has 3 aromatic carbocycles. The van der Waals surface area contributed by atoms with E-state index in [0.29, 0.717) is 32.1 Å². The molecule has 1 saturated carbocycles. The maximum atomic E-state index is 13.3. The van der Waals surface area contributed by atoms with Gasteiger partial charge in [0, 0.05) is 6.04 Å². The van der Waals surface area contributed by atoms with Gasteiger partial charge in [0.2, 0.25) is 5.91 Å². The minimum atomic E-state index is -4.08. The van der Waals surface area contributed by atoms with Gasteiger partial charge in [-0.1, -0.05) is 72.8 Å². The lowest BCUT2D eigenvalue weighted by Gasteiger charge is -2.29. The molecule has 0 saturated heterocycles. The van der Waals surface area contributed by atoms with Crippen LogP contribution in [0, 0.1) is 5.92 Å². The first-order valence-corrected chi connectivity index (χ1v) is 14.5. The standard InChI is InChI=1S/C29H33N2O6P/c32-28(31-25-17-15-24(16-18-25)29(33)34)27(30-20-38(35,36)37-26-9-5-2-6-10-26)19-21-11-13-23(14-12-21)22-7-3-1-4-8-22/h1-14,24-25,27,30H,15-20H2,(H,31,32)(H,33,34)(H,35,36)/t24?,25?,27-/m0/s1. The highest BCUT2D eigenvalue weighted by Crippen LogP contribution is 2.41. The van der Waals surface area contributed by atoms with Crippen LogP contribution >= 0.6 is 7.60 Å². The summed E-state index contributed by atoms with van der Waals surface area (Å²) in [5.41, 5.74) is 3.03. The van der Waals surface area contributed by atoms with Gasteiger partial charge < -0.3 is 19.8 Å². The summed E-state index contributed by atoms with van der Waals surface area (Å²) in [6.07, 6.45) is 2.07. The number of benzene rings is 3. The van der Waals surface area contributed by atoms with Crippen molar-refractivity contribution >= 4 is 19.5 Å². The molecule has 8 nitrogen and oxygen atoms in total. The fourth-order valence-electron chi connectivity index (χ4n) is 4.65. The predicted molar refractivity (Wildman–Crippen MR) is 146 cm³/mol. The van der Waals surface area contributed by atoms with Gasteiger partial charge in [-0.3, -0.25) is 14.9 Å². The number of hydrogen-bond donors (Lipinski definition) is 4. The van der Waals surface area contributed by atoms with E-state index in [1.165, 1.54) is 0 Å². The van der Waals surface area contributed by atoms with Crippen LogP contribution in [0.2, 0.25) is 0 Å². The summed E-state index contributed by atoms with van der Waals surface area (Å²) < 4.78 is 18.0. The van der Waals surface area contributed by atoms with Crippen LogP contribution in [0.25, 0.3) is 11.1 Å². The fourth-order valence-corrected chi connectivity index (χ4v) is 5.61. The van der Waals surface area contributed by atoms with Crippen molar-refractivity contribution in [2.24, 2.45) is 5.92 Å². The van der Waals surface area contributed by atoms with Gasteiger partial charge >= 0.3 is 13.6 Å². The van der Waals surface area contributed by atoms with Crippen molar-refractivity contribution < 1.29 is 28.7 Å². The van der Waals surface area contributed by atoms with Gasteiger partial charge in [0.1, 0.15) is 12.0 Å². The Hall–Kier alpha value is -3.45. The molecule has 4 rings (SSSR count). The normalized spacial score (nSPS) is 19.6. The van der Waals surface area contributed by atoms with Crippen LogP contribution in [-0.2, 0) is 20.6 Å². The Kier molecular flexibility index (Phi) is 9.34. The maximum absolute atomic E-state index is 13.3. The van der Waals surface area contributed by atoms with Crippen molar-refractivity contribution in [1.82, 2.24) is 10.6 Å². The summed E-state index contributed by atoms with van der Waals surface area (Å²) in [7, 11) is -4.08. The number of carbonyl (C=O) groups excluding carboxylic acids is 1. The zero-order valence-corrected chi connectivity index (χ0v) is 21.9. The van der Waals surface area contributed by atoms with Crippen molar-refractivity contribution in [2.45, 2.75) is 44.2 Å². The van der Waals surface area contributed by atoms with Crippen LogP contribution in [-0.4, -0.2) is 40.2 Å². The zero-order valence-electron chi connectivity index (χ0n) is 21.0. The number of nitrogens with one attached hydrogen (secondary N) is 2. The summed E-state index contributed by atoms with van der Waals surface area (Å²) in [5, 5.41) is 15.2. The monoisotopic (exact) mass is 536 g/mol. The molecule has 0 radical (unpaired) electrons. The molecule has 2 atom stereocenters. The fraction of sp³-hybridized carbons (Fsp3) is 0.310. The van der Waals surface area contributed by atoms with Crippen LogP contribution in [0.1, 0.15) is 31.2 Å². The summed E-state index contributed by atoms with van der Waals surface area (Å²) in [5.74, 6) is -1.20. The van der Waals surface area contributed by atoms with Gasteiger partial charge in [0.25, 0.3) is 0 Å². The first-order chi connectivity index (χ1) is 18.3. The Morgan fingerprint density at radius 3 is 2.05 bits per heavy atom. The maximum Gasteiger partial charge on any atom is 0.390 e. The summed E-state index contributed by atoms with van der Waals surface area (Å²) in [4.78, 5) is 35.0. The van der Waals surface area contributed by atoms with Crippen molar-refractivity contribution in [2.75, 3.05) is 6.29 Å². The zero-order chi connectivity index (χ0) is 27.0. The minimum absolute atomic E-state index is 0.135. The molecule has 0 aliphatic heterocycles. The lowest BCUT2D eigenvalue weighted by Crippen LogP contribution is -2.50. The number of carbonyl (C=O) groups is 2.